The third-order valence-corrected chi connectivity index (χ3v) is 12.6. The Labute approximate surface area is 218 Å². The molecule has 0 N–H and O–H groups in total. The van der Waals surface area contributed by atoms with E-state index in [2.05, 4.69) is 67.2 Å². The van der Waals surface area contributed by atoms with E-state index in [9.17, 15) is 13.2 Å². The van der Waals surface area contributed by atoms with Crippen LogP contribution in [0.5, 0.6) is 0 Å². The van der Waals surface area contributed by atoms with Gasteiger partial charge in [-0.15, -0.1) is 15.8 Å². The van der Waals surface area contributed by atoms with Crippen LogP contribution in [-0.4, -0.2) is 35.0 Å². The monoisotopic (exact) mass is 552 g/mol. The molecule has 0 atom stereocenters. The fourth-order valence-corrected chi connectivity index (χ4v) is 10.0. The SMILES string of the molecule is CC(C)P(CCP(C(C)C)C(C)C)C(C)C.Fc1ccc(C#Cc2ccccc2)c(F)c1F.[Ni]. The van der Waals surface area contributed by atoms with Crippen molar-refractivity contribution in [3.63, 3.8) is 0 Å². The van der Waals surface area contributed by atoms with Gasteiger partial charge in [0.05, 0.1) is 5.56 Å². The topological polar surface area (TPSA) is 0 Å². The summed E-state index contributed by atoms with van der Waals surface area (Å²) in [4.78, 5) is 0. The maximum atomic E-state index is 13.2. The zero-order chi connectivity index (χ0) is 25.1. The number of hydrogen-bond acceptors (Lipinski definition) is 0. The van der Waals surface area contributed by atoms with Crippen LogP contribution in [0.15, 0.2) is 42.5 Å². The van der Waals surface area contributed by atoms with Crippen molar-refractivity contribution in [1.29, 1.82) is 0 Å². The van der Waals surface area contributed by atoms with E-state index in [0.717, 1.165) is 34.8 Å². The molecule has 0 saturated carbocycles. The summed E-state index contributed by atoms with van der Waals surface area (Å²) >= 11 is 0. The predicted molar refractivity (Wildman–Crippen MR) is 143 cm³/mol. The fourth-order valence-electron chi connectivity index (χ4n) is 3.74. The summed E-state index contributed by atoms with van der Waals surface area (Å²) in [5.74, 6) is 1.17. The first kappa shape index (κ1) is 33.1. The second kappa shape index (κ2) is 16.7. The van der Waals surface area contributed by atoms with Gasteiger partial charge < -0.3 is 0 Å². The quantitative estimate of drug-likeness (QED) is 0.139. The van der Waals surface area contributed by atoms with Crippen molar-refractivity contribution >= 4 is 15.8 Å². The second-order valence-electron chi connectivity index (χ2n) is 9.19. The Morgan fingerprint density at radius 2 is 1.06 bits per heavy atom. The molecule has 0 bridgehead atoms. The molecule has 0 spiro atoms. The van der Waals surface area contributed by atoms with E-state index in [1.807, 2.05) is 6.07 Å². The Morgan fingerprint density at radius 3 is 1.47 bits per heavy atom. The summed E-state index contributed by atoms with van der Waals surface area (Å²) in [5.41, 5.74) is 4.15. The molecule has 0 aliphatic rings. The van der Waals surface area contributed by atoms with Gasteiger partial charge >= 0.3 is 0 Å². The summed E-state index contributed by atoms with van der Waals surface area (Å²) in [6, 6.07) is 10.8. The average Bonchev–Trinajstić information content (AvgIpc) is 2.74. The maximum Gasteiger partial charge on any atom is 0.195 e. The minimum Gasteiger partial charge on any atom is -0.204 e. The van der Waals surface area contributed by atoms with Crippen LogP contribution < -0.4 is 0 Å². The molecule has 34 heavy (non-hydrogen) atoms. The average molecular weight is 553 g/mol. The molecule has 0 aliphatic carbocycles. The Balaban J connectivity index is 0.000000624. The Bertz CT molecular complexity index is 867. The van der Waals surface area contributed by atoms with Crippen LogP contribution in [0.3, 0.4) is 0 Å². The molecule has 2 rings (SSSR count). The molecule has 0 aromatic heterocycles. The summed E-state index contributed by atoms with van der Waals surface area (Å²) in [6.45, 7) is 19.3. The smallest absolute Gasteiger partial charge is 0.195 e. The predicted octanol–water partition coefficient (Wildman–Crippen LogP) is 9.09. The second-order valence-corrected chi connectivity index (χ2v) is 16.3. The van der Waals surface area contributed by atoms with Crippen molar-refractivity contribution in [1.82, 2.24) is 0 Å². The zero-order valence-electron chi connectivity index (χ0n) is 21.6. The van der Waals surface area contributed by atoms with Crippen LogP contribution in [0.4, 0.5) is 13.2 Å². The normalized spacial score (nSPS) is 11.0. The van der Waals surface area contributed by atoms with Crippen LogP contribution in [0.1, 0.15) is 66.5 Å². The number of halogens is 3. The van der Waals surface area contributed by atoms with Crippen molar-refractivity contribution < 1.29 is 29.7 Å². The molecule has 0 fully saturated rings. The summed E-state index contributed by atoms with van der Waals surface area (Å²) in [5, 5.41) is 0. The first-order chi connectivity index (χ1) is 15.5. The molecule has 6 heteroatoms. The molecule has 0 unspecified atom stereocenters. The zero-order valence-corrected chi connectivity index (χ0v) is 24.4. The van der Waals surface area contributed by atoms with Crippen LogP contribution in [-0.2, 0) is 16.5 Å². The van der Waals surface area contributed by atoms with E-state index in [1.54, 1.807) is 24.3 Å². The van der Waals surface area contributed by atoms with E-state index < -0.39 is 17.5 Å². The summed E-state index contributed by atoms with van der Waals surface area (Å²) in [6.07, 6.45) is 3.01. The largest absolute Gasteiger partial charge is 0.204 e. The van der Waals surface area contributed by atoms with Crippen LogP contribution in [0, 0.1) is 29.3 Å². The van der Waals surface area contributed by atoms with Crippen molar-refractivity contribution in [3.05, 3.63) is 71.0 Å². The van der Waals surface area contributed by atoms with Gasteiger partial charge in [0.25, 0.3) is 0 Å². The van der Waals surface area contributed by atoms with Crippen molar-refractivity contribution in [2.24, 2.45) is 0 Å². The number of hydrogen-bond donors (Lipinski definition) is 0. The van der Waals surface area contributed by atoms with E-state index in [0.29, 0.717) is 5.56 Å². The van der Waals surface area contributed by atoms with Gasteiger partial charge in [0.1, 0.15) is 0 Å². The van der Waals surface area contributed by atoms with E-state index >= 15 is 0 Å². The van der Waals surface area contributed by atoms with Gasteiger partial charge in [-0.2, -0.15) is 0 Å². The van der Waals surface area contributed by atoms with Crippen molar-refractivity contribution in [2.45, 2.75) is 78.0 Å². The van der Waals surface area contributed by atoms with Crippen molar-refractivity contribution in [2.75, 3.05) is 12.3 Å². The molecule has 2 aromatic carbocycles. The van der Waals surface area contributed by atoms with E-state index in [4.69, 9.17) is 0 Å². The third-order valence-electron chi connectivity index (χ3n) is 5.42. The molecule has 0 nitrogen and oxygen atoms in total. The van der Waals surface area contributed by atoms with Crippen LogP contribution in [0.2, 0.25) is 0 Å². The molecular formula is C28H39F3NiP2. The molecule has 0 aliphatic heterocycles. The van der Waals surface area contributed by atoms with Crippen LogP contribution in [0.25, 0.3) is 0 Å². The first-order valence-corrected chi connectivity index (χ1v) is 15.0. The molecule has 2 aromatic rings. The van der Waals surface area contributed by atoms with Gasteiger partial charge in [0, 0.05) is 22.1 Å². The van der Waals surface area contributed by atoms with E-state index in [-0.39, 0.29) is 37.9 Å². The number of rotatable bonds is 7. The standard InChI is InChI=1S/C14H7F3.C14H32P2.Ni/c15-12-9-8-11(13(16)14(12)17)7-6-10-4-2-1-3-5-10;1-11(2)15(12(3)4)9-10-16(13(5)6)14(7)8;/h1-5,8-9H;11-14H,9-10H2,1-8H3;. The summed E-state index contributed by atoms with van der Waals surface area (Å²) < 4.78 is 38.8. The van der Waals surface area contributed by atoms with Gasteiger partial charge in [-0.1, -0.05) is 85.4 Å². The first-order valence-electron chi connectivity index (χ1n) is 11.7. The number of benzene rings is 2. The Kier molecular flexibility index (Phi) is 16.3. The maximum absolute atomic E-state index is 13.2. The molecule has 192 valence electrons. The van der Waals surface area contributed by atoms with Crippen molar-refractivity contribution in [3.8, 4) is 11.8 Å². The Morgan fingerprint density at radius 1 is 0.618 bits per heavy atom. The Hall–Kier alpha value is -0.856. The van der Waals surface area contributed by atoms with Crippen LogP contribution >= 0.6 is 15.8 Å². The van der Waals surface area contributed by atoms with Gasteiger partial charge in [0.2, 0.25) is 0 Å². The molecule has 0 saturated heterocycles. The molecule has 0 radical (unpaired) electrons. The third kappa shape index (κ3) is 11.3. The fraction of sp³-hybridized carbons (Fsp3) is 0.500. The minimum atomic E-state index is -1.50. The van der Waals surface area contributed by atoms with Gasteiger partial charge in [-0.05, 0) is 59.2 Å². The summed E-state index contributed by atoms with van der Waals surface area (Å²) in [7, 11) is 0.511. The van der Waals surface area contributed by atoms with Gasteiger partial charge in [-0.25, -0.2) is 13.2 Å². The van der Waals surface area contributed by atoms with Gasteiger partial charge in [-0.3, -0.25) is 0 Å². The van der Waals surface area contributed by atoms with E-state index in [1.165, 1.54) is 12.3 Å². The minimum absolute atomic E-state index is 0. The molecule has 0 heterocycles. The van der Waals surface area contributed by atoms with Gasteiger partial charge in [0.15, 0.2) is 17.5 Å². The molecule has 0 amide bonds. The molecular weight excluding hydrogens is 514 g/mol.